The molecule has 0 saturated carbocycles. The van der Waals surface area contributed by atoms with Crippen molar-refractivity contribution in [3.05, 3.63) is 0 Å². The van der Waals surface area contributed by atoms with E-state index in [0.29, 0.717) is 30.1 Å². The molecule has 14 N–H and O–H groups in total. The van der Waals surface area contributed by atoms with Crippen molar-refractivity contribution in [3.63, 3.8) is 0 Å². The highest BCUT2D eigenvalue weighted by atomic mass is 16.3. The molecule has 412 valence electrons. The minimum Gasteiger partial charge on any atom is -0.391 e. The molecule has 6 saturated heterocycles. The smallest absolute Gasteiger partial charge is 0.0741 e. The zero-order chi connectivity index (χ0) is 53.6. The summed E-state index contributed by atoms with van der Waals surface area (Å²) in [5, 5.41) is 19.1. The number of nitrogens with zero attached hydrogens (tertiary/aromatic N) is 6. The monoisotopic (exact) mass is 965 g/mol. The minimum atomic E-state index is -0.335. The lowest BCUT2D eigenvalue weighted by Gasteiger charge is -2.45. The number of piperidine rings is 6. The lowest BCUT2D eigenvalue weighted by molar-refractivity contribution is -0.0160. The SMILES string of the molecule is CC.CC.CC.CC.CC.CN1CCC[C@H](N)C1.CN1CCC[C@H](N)C1.C[C@@H]1C[C@H](N)CN(C)C1.C[C@@H]1C[C@H](N)CN(C)C1.C[C@H]1CN(C(C)(C)C)C[C@@H](N)[C@@H]1O.C[C@H]1CN(C)C[C@@H](N)[C@@H]1O. The summed E-state index contributed by atoms with van der Waals surface area (Å²) in [6.45, 7) is 47.9. The molecular formula is C53H128N12O2. The molecule has 0 radical (unpaired) electrons. The van der Waals surface area contributed by atoms with Crippen molar-refractivity contribution in [2.24, 2.45) is 58.1 Å². The van der Waals surface area contributed by atoms with Gasteiger partial charge in [0.15, 0.2) is 0 Å². The van der Waals surface area contributed by atoms with Gasteiger partial charge in [-0.05, 0) is 131 Å². The fraction of sp³-hybridized carbons (Fsp3) is 1.00. The molecule has 0 aromatic carbocycles. The van der Waals surface area contributed by atoms with E-state index in [9.17, 15) is 10.2 Å². The summed E-state index contributed by atoms with van der Waals surface area (Å²) in [7, 11) is 10.5. The van der Waals surface area contributed by atoms with Crippen LogP contribution in [0.5, 0.6) is 0 Å². The molecule has 0 spiro atoms. The fourth-order valence-electron chi connectivity index (χ4n) is 9.18. The normalized spacial score (nSPS) is 32.7. The topological polar surface area (TPSA) is 216 Å². The Bertz CT molecular complexity index is 895. The number of hydrogen-bond acceptors (Lipinski definition) is 14. The van der Waals surface area contributed by atoms with Crippen LogP contribution in [0.4, 0.5) is 0 Å². The quantitative estimate of drug-likeness (QED) is 0.151. The lowest BCUT2D eigenvalue weighted by Crippen LogP contribution is -2.60. The van der Waals surface area contributed by atoms with Crippen LogP contribution in [0.1, 0.15) is 156 Å². The predicted molar refractivity (Wildman–Crippen MR) is 300 cm³/mol. The van der Waals surface area contributed by atoms with Gasteiger partial charge in [-0.25, -0.2) is 0 Å². The largest absolute Gasteiger partial charge is 0.391 e. The fourth-order valence-corrected chi connectivity index (χ4v) is 9.18. The van der Waals surface area contributed by atoms with Crippen LogP contribution in [-0.4, -0.2) is 207 Å². The van der Waals surface area contributed by atoms with Crippen LogP contribution in [0.15, 0.2) is 0 Å². The molecule has 14 nitrogen and oxygen atoms in total. The van der Waals surface area contributed by atoms with Crippen LogP contribution in [0.3, 0.4) is 0 Å². The third-order valence-electron chi connectivity index (χ3n) is 12.1. The van der Waals surface area contributed by atoms with Crippen molar-refractivity contribution >= 4 is 0 Å². The minimum absolute atomic E-state index is 0.0613. The number of likely N-dealkylation sites (N-methyl/N-ethyl adjacent to an activating group) is 5. The van der Waals surface area contributed by atoms with E-state index in [2.05, 4.69) is 99.1 Å². The van der Waals surface area contributed by atoms with Gasteiger partial charge in [0.05, 0.1) is 12.2 Å². The first-order valence-corrected chi connectivity index (χ1v) is 27.4. The highest BCUT2D eigenvalue weighted by Gasteiger charge is 2.35. The second-order valence-corrected chi connectivity index (χ2v) is 20.5. The Labute approximate surface area is 420 Å². The molecule has 0 aliphatic carbocycles. The van der Waals surface area contributed by atoms with Gasteiger partial charge in [0.1, 0.15) is 0 Å². The number of aliphatic hydroxyl groups excluding tert-OH is 2. The van der Waals surface area contributed by atoms with E-state index in [-0.39, 0.29) is 35.7 Å². The third kappa shape index (κ3) is 39.7. The van der Waals surface area contributed by atoms with Crippen LogP contribution in [0.25, 0.3) is 0 Å². The van der Waals surface area contributed by atoms with E-state index in [4.69, 9.17) is 34.4 Å². The Morgan fingerprint density at radius 3 is 0.925 bits per heavy atom. The van der Waals surface area contributed by atoms with E-state index in [1.165, 1.54) is 64.7 Å². The summed E-state index contributed by atoms with van der Waals surface area (Å²) in [4.78, 5) is 13.7. The molecular weight excluding hydrogens is 837 g/mol. The van der Waals surface area contributed by atoms with Gasteiger partial charge < -0.3 is 69.1 Å². The second kappa shape index (κ2) is 45.3. The van der Waals surface area contributed by atoms with Gasteiger partial charge in [-0.1, -0.05) is 96.9 Å². The molecule has 6 fully saturated rings. The molecule has 6 heterocycles. The van der Waals surface area contributed by atoms with Gasteiger partial charge in [0.25, 0.3) is 0 Å². The molecule has 6 rings (SSSR count). The number of aliphatic hydroxyl groups is 2. The van der Waals surface area contributed by atoms with Crippen LogP contribution in [-0.2, 0) is 0 Å². The van der Waals surface area contributed by atoms with Crippen molar-refractivity contribution < 1.29 is 10.2 Å². The van der Waals surface area contributed by atoms with E-state index in [1.807, 2.05) is 83.2 Å². The Kier molecular flexibility index (Phi) is 51.0. The summed E-state index contributed by atoms with van der Waals surface area (Å²) in [5.41, 5.74) is 34.6. The van der Waals surface area contributed by atoms with Gasteiger partial charge in [-0.3, -0.25) is 4.90 Å². The highest BCUT2D eigenvalue weighted by molar-refractivity contribution is 4.92. The molecule has 0 aromatic rings. The maximum atomic E-state index is 9.68. The number of nitrogens with two attached hydrogens (primary N) is 6. The molecule has 67 heavy (non-hydrogen) atoms. The number of rotatable bonds is 0. The first-order valence-electron chi connectivity index (χ1n) is 27.4. The standard InChI is InChI=1S/C10H22N2O.C7H16N2O.2C7H16N2.2C6H14N2.5C2H6/c1-7-5-12(10(2,3)4)6-8(11)9(7)13;1-5-3-9(2)4-6(8)7(5)10;2*1-6-3-7(8)5-9(2)4-6;2*1-8-4-2-3-6(7)5-8;5*1-2/h7-9,13H,5-6,11H2,1-4H3;5-7,10H,3-4,8H2,1-2H3;2*6-7H,3-5,8H2,1-2H3;2*6H,2-5,7H2,1H3;5*1-2H3/t7-,8+,9+;5-,6+,7+;2*6-,7+;2*6-;;;;;/m001100...../s1. The molecule has 0 amide bonds. The van der Waals surface area contributed by atoms with Crippen molar-refractivity contribution in [2.45, 2.75) is 210 Å². The lowest BCUT2D eigenvalue weighted by atomic mass is 9.89. The van der Waals surface area contributed by atoms with E-state index in [1.54, 1.807) is 0 Å². The molecule has 0 bridgehead atoms. The Balaban J connectivity index is -0.000000222. The van der Waals surface area contributed by atoms with Gasteiger partial charge in [0, 0.05) is 107 Å². The van der Waals surface area contributed by atoms with Crippen LogP contribution in [0.2, 0.25) is 0 Å². The zero-order valence-electron chi connectivity index (χ0n) is 49.2. The molecule has 12 atom stereocenters. The van der Waals surface area contributed by atoms with Gasteiger partial charge in [-0.2, -0.15) is 0 Å². The van der Waals surface area contributed by atoms with Crippen LogP contribution >= 0.6 is 0 Å². The van der Waals surface area contributed by atoms with E-state index >= 15 is 0 Å². The van der Waals surface area contributed by atoms with E-state index in [0.717, 1.165) is 64.2 Å². The highest BCUT2D eigenvalue weighted by Crippen LogP contribution is 2.23. The van der Waals surface area contributed by atoms with Gasteiger partial charge in [0.2, 0.25) is 0 Å². The summed E-state index contributed by atoms with van der Waals surface area (Å²) in [6.07, 6.45) is 6.73. The molecule has 14 heteroatoms. The average Bonchev–Trinajstić information content (AvgIpc) is 3.25. The summed E-state index contributed by atoms with van der Waals surface area (Å²) < 4.78 is 0. The molecule has 6 aliphatic rings. The van der Waals surface area contributed by atoms with Crippen LogP contribution < -0.4 is 34.4 Å². The maximum Gasteiger partial charge on any atom is 0.0741 e. The van der Waals surface area contributed by atoms with Gasteiger partial charge >= 0.3 is 0 Å². The number of hydrogen-bond donors (Lipinski definition) is 8. The summed E-state index contributed by atoms with van der Waals surface area (Å²) >= 11 is 0. The first-order chi connectivity index (χ1) is 31.4. The number of likely N-dealkylation sites (tertiary alicyclic amines) is 6. The average molecular weight is 966 g/mol. The van der Waals surface area contributed by atoms with Crippen LogP contribution in [0, 0.1) is 23.7 Å². The Hall–Kier alpha value is -0.560. The van der Waals surface area contributed by atoms with Crippen molar-refractivity contribution in [1.29, 1.82) is 0 Å². The van der Waals surface area contributed by atoms with E-state index < -0.39 is 0 Å². The summed E-state index contributed by atoms with van der Waals surface area (Å²) in [6, 6.07) is 1.55. The molecule has 6 aliphatic heterocycles. The van der Waals surface area contributed by atoms with Crippen molar-refractivity contribution in [3.8, 4) is 0 Å². The Morgan fingerprint density at radius 2 is 0.687 bits per heavy atom. The van der Waals surface area contributed by atoms with Crippen molar-refractivity contribution in [1.82, 2.24) is 29.4 Å². The van der Waals surface area contributed by atoms with Gasteiger partial charge in [-0.15, -0.1) is 0 Å². The third-order valence-corrected chi connectivity index (χ3v) is 12.1. The second-order valence-electron chi connectivity index (χ2n) is 20.5. The van der Waals surface area contributed by atoms with Crippen molar-refractivity contribution in [2.75, 3.05) is 114 Å². The maximum absolute atomic E-state index is 9.68. The summed E-state index contributed by atoms with van der Waals surface area (Å²) in [5.74, 6) is 2.18. The molecule has 0 unspecified atom stereocenters. The Morgan fingerprint density at radius 1 is 0.388 bits per heavy atom. The molecule has 0 aromatic heterocycles. The predicted octanol–water partition coefficient (Wildman–Crippen LogP) is 5.46. The first kappa shape index (κ1) is 75.4. The zero-order valence-corrected chi connectivity index (χ0v) is 49.2.